The molecule has 0 bridgehead atoms. The fourth-order valence-electron chi connectivity index (χ4n) is 4.05. The molecule has 0 saturated heterocycles. The highest BCUT2D eigenvalue weighted by Crippen LogP contribution is 2.40. The Morgan fingerprint density at radius 3 is 2.42 bits per heavy atom. The highest BCUT2D eigenvalue weighted by Gasteiger charge is 2.39. The lowest BCUT2D eigenvalue weighted by atomic mass is 9.83. The number of halogens is 5. The van der Waals surface area contributed by atoms with Crippen molar-refractivity contribution >= 4 is 47.2 Å². The van der Waals surface area contributed by atoms with Crippen LogP contribution >= 0.6 is 34.5 Å². The molecule has 0 aliphatic rings. The van der Waals surface area contributed by atoms with E-state index >= 15 is 0 Å². The number of hydrogen-bond donors (Lipinski definition) is 1. The van der Waals surface area contributed by atoms with E-state index in [-0.39, 0.29) is 33.1 Å². The zero-order chi connectivity index (χ0) is 27.8. The van der Waals surface area contributed by atoms with Crippen LogP contribution in [-0.4, -0.2) is 31.7 Å². The van der Waals surface area contributed by atoms with Crippen LogP contribution in [0.4, 0.5) is 13.2 Å². The molecular formula is C26H21Cl2F3N4O2S. The zero-order valence-electron chi connectivity index (χ0n) is 20.3. The molecule has 0 fully saturated rings. The summed E-state index contributed by atoms with van der Waals surface area (Å²) < 4.78 is 47.1. The average Bonchev–Trinajstić information content (AvgIpc) is 3.50. The average molecular weight is 581 g/mol. The van der Waals surface area contributed by atoms with Gasteiger partial charge in [0.2, 0.25) is 5.88 Å². The number of ether oxygens (including phenoxy) is 1. The molecule has 0 amide bonds. The first kappa shape index (κ1) is 27.8. The molecule has 0 aromatic carbocycles. The number of aromatic nitrogens is 4. The number of rotatable bonds is 6. The summed E-state index contributed by atoms with van der Waals surface area (Å²) in [7, 11) is 3.11. The summed E-state index contributed by atoms with van der Waals surface area (Å²) in [5.74, 6) is 0.242. The van der Waals surface area contributed by atoms with Gasteiger partial charge in [0.05, 0.1) is 45.6 Å². The third-order valence-electron chi connectivity index (χ3n) is 5.92. The van der Waals surface area contributed by atoms with E-state index in [1.807, 2.05) is 0 Å². The fourth-order valence-corrected chi connectivity index (χ4v) is 5.53. The standard InChI is InChI=1S/C26H21Cl2F3N4O2S/c1-5-15(10-17-14(2)34-24(37-4)22(23(17)28)18-7-9-21(27)38-18)25(36,20-12-32-13-35(20)3)16-6-8-19(33-11-16)26(29,30)31/h5-13,36H,2H2,1,3-4H3/b15-5+,17-10+. The molecule has 6 nitrogen and oxygen atoms in total. The van der Waals surface area contributed by atoms with Crippen LogP contribution in [0.2, 0.25) is 9.36 Å². The SMILES string of the molecule is C=c1nc(OC)c(-c2ccc(Cl)s2)c(Cl)/c1=C/C(=C\C)C(O)(c1ccc(C(F)(F)F)nc1)c1cncn1C. The van der Waals surface area contributed by atoms with Crippen LogP contribution in [0.15, 0.2) is 54.6 Å². The van der Waals surface area contributed by atoms with E-state index in [4.69, 9.17) is 27.9 Å². The van der Waals surface area contributed by atoms with Gasteiger partial charge in [-0.2, -0.15) is 13.2 Å². The van der Waals surface area contributed by atoms with Gasteiger partial charge in [0.15, 0.2) is 5.60 Å². The molecule has 4 heterocycles. The lowest BCUT2D eigenvalue weighted by Gasteiger charge is -2.30. The Balaban J connectivity index is 1.99. The van der Waals surface area contributed by atoms with Gasteiger partial charge in [-0.25, -0.2) is 9.97 Å². The van der Waals surface area contributed by atoms with Crippen molar-refractivity contribution in [2.75, 3.05) is 7.11 Å². The lowest BCUT2D eigenvalue weighted by Crippen LogP contribution is -2.35. The second kappa shape index (κ2) is 10.5. The van der Waals surface area contributed by atoms with Gasteiger partial charge >= 0.3 is 6.18 Å². The normalized spacial score (nSPS) is 14.6. The number of methoxy groups -OCH3 is 1. The van der Waals surface area contributed by atoms with E-state index < -0.39 is 17.5 Å². The number of aryl methyl sites for hydroxylation is 1. The molecule has 4 aromatic heterocycles. The number of thiophene rings is 1. The van der Waals surface area contributed by atoms with Gasteiger partial charge in [0.25, 0.3) is 0 Å². The Morgan fingerprint density at radius 2 is 1.92 bits per heavy atom. The number of pyridine rings is 2. The molecule has 12 heteroatoms. The first-order valence-corrected chi connectivity index (χ1v) is 12.6. The summed E-state index contributed by atoms with van der Waals surface area (Å²) in [5, 5.41) is 13.1. The van der Waals surface area contributed by atoms with Gasteiger partial charge in [0, 0.05) is 28.9 Å². The van der Waals surface area contributed by atoms with Crippen LogP contribution in [0.3, 0.4) is 0 Å². The molecule has 4 rings (SSSR count). The van der Waals surface area contributed by atoms with Gasteiger partial charge in [-0.15, -0.1) is 11.3 Å². The maximum Gasteiger partial charge on any atom is 0.433 e. The van der Waals surface area contributed by atoms with E-state index in [9.17, 15) is 18.3 Å². The van der Waals surface area contributed by atoms with Crippen molar-refractivity contribution in [2.45, 2.75) is 18.7 Å². The summed E-state index contributed by atoms with van der Waals surface area (Å²) in [5.41, 5.74) is -1.90. The molecule has 198 valence electrons. The molecule has 0 saturated carbocycles. The molecule has 1 unspecified atom stereocenters. The van der Waals surface area contributed by atoms with Crippen molar-refractivity contribution in [3.63, 3.8) is 0 Å². The van der Waals surface area contributed by atoms with Crippen LogP contribution in [0.5, 0.6) is 5.88 Å². The molecule has 1 atom stereocenters. The van der Waals surface area contributed by atoms with Gasteiger partial charge in [-0.1, -0.05) is 41.9 Å². The summed E-state index contributed by atoms with van der Waals surface area (Å²) in [6.07, 6.45) is 2.45. The molecule has 0 radical (unpaired) electrons. The first-order valence-electron chi connectivity index (χ1n) is 11.0. The highest BCUT2D eigenvalue weighted by molar-refractivity contribution is 7.19. The predicted octanol–water partition coefficient (Wildman–Crippen LogP) is 5.35. The third-order valence-corrected chi connectivity index (χ3v) is 7.56. The highest BCUT2D eigenvalue weighted by atomic mass is 35.5. The second-order valence-corrected chi connectivity index (χ2v) is 10.3. The van der Waals surface area contributed by atoms with Crippen LogP contribution in [0, 0.1) is 0 Å². The first-order chi connectivity index (χ1) is 17.9. The van der Waals surface area contributed by atoms with E-state index in [0.717, 1.165) is 12.3 Å². The number of alkyl halides is 3. The van der Waals surface area contributed by atoms with Gasteiger partial charge < -0.3 is 14.4 Å². The third kappa shape index (κ3) is 4.96. The van der Waals surface area contributed by atoms with Crippen molar-refractivity contribution in [3.05, 3.63) is 91.5 Å². The Labute approximate surface area is 230 Å². The monoisotopic (exact) mass is 580 g/mol. The van der Waals surface area contributed by atoms with Crippen molar-refractivity contribution < 1.29 is 23.0 Å². The summed E-state index contributed by atoms with van der Waals surface area (Å²) >= 11 is 14.3. The topological polar surface area (TPSA) is 73.1 Å². The number of aliphatic hydroxyl groups is 1. The number of hydrogen-bond acceptors (Lipinski definition) is 6. The molecule has 38 heavy (non-hydrogen) atoms. The second-order valence-electron chi connectivity index (χ2n) is 8.19. The van der Waals surface area contributed by atoms with E-state index in [0.29, 0.717) is 20.0 Å². The molecule has 0 spiro atoms. The maximum absolute atomic E-state index is 13.2. The maximum atomic E-state index is 13.2. The predicted molar refractivity (Wildman–Crippen MR) is 143 cm³/mol. The Hall–Kier alpha value is -3.18. The summed E-state index contributed by atoms with van der Waals surface area (Å²) in [6, 6.07) is 5.49. The molecule has 1 N–H and O–H groups in total. The Morgan fingerprint density at radius 1 is 1.18 bits per heavy atom. The minimum absolute atomic E-state index is 0.0897. The zero-order valence-corrected chi connectivity index (χ0v) is 22.7. The van der Waals surface area contributed by atoms with E-state index in [2.05, 4.69) is 21.5 Å². The minimum atomic E-state index is -4.63. The van der Waals surface area contributed by atoms with Crippen LogP contribution in [0.25, 0.3) is 23.1 Å². The van der Waals surface area contributed by atoms with Gasteiger partial charge in [-0.05, 0) is 36.8 Å². The molecule has 0 aliphatic carbocycles. The smallest absolute Gasteiger partial charge is 0.433 e. The van der Waals surface area contributed by atoms with Crippen molar-refractivity contribution in [3.8, 4) is 16.3 Å². The van der Waals surface area contributed by atoms with Crippen LogP contribution in [0.1, 0.15) is 23.9 Å². The van der Waals surface area contributed by atoms with Crippen molar-refractivity contribution in [2.24, 2.45) is 7.05 Å². The largest absolute Gasteiger partial charge is 0.480 e. The summed E-state index contributed by atoms with van der Waals surface area (Å²) in [4.78, 5) is 12.8. The van der Waals surface area contributed by atoms with E-state index in [1.54, 1.807) is 42.8 Å². The molecular weight excluding hydrogens is 560 g/mol. The Kier molecular flexibility index (Phi) is 7.72. The fraction of sp³-hybridized carbons (Fsp3) is 0.192. The minimum Gasteiger partial charge on any atom is -0.480 e. The lowest BCUT2D eigenvalue weighted by molar-refractivity contribution is -0.141. The van der Waals surface area contributed by atoms with E-state index in [1.165, 1.54) is 37.0 Å². The van der Waals surface area contributed by atoms with Gasteiger partial charge in [-0.3, -0.25) is 4.98 Å². The van der Waals surface area contributed by atoms with Gasteiger partial charge in [0.1, 0.15) is 5.69 Å². The molecule has 0 aliphatic heterocycles. The van der Waals surface area contributed by atoms with Crippen molar-refractivity contribution in [1.29, 1.82) is 0 Å². The number of allylic oxidation sites excluding steroid dienone is 1. The van der Waals surface area contributed by atoms with Crippen molar-refractivity contribution in [1.82, 2.24) is 19.5 Å². The summed E-state index contributed by atoms with van der Waals surface area (Å²) in [6.45, 7) is 5.68. The quantitative estimate of drug-likeness (QED) is 0.333. The number of imidazole rings is 1. The Bertz CT molecular complexity index is 1630. The van der Waals surface area contributed by atoms with Crippen LogP contribution < -0.4 is 15.3 Å². The van der Waals surface area contributed by atoms with Crippen LogP contribution in [-0.2, 0) is 18.8 Å². The number of nitrogens with zero attached hydrogens (tertiary/aromatic N) is 4. The molecule has 4 aromatic rings.